The topological polar surface area (TPSA) is 215 Å². The highest BCUT2D eigenvalue weighted by Gasteiger charge is 2.45. The second-order valence-electron chi connectivity index (χ2n) is 30.7. The largest absolute Gasteiger partial charge is 0.461 e. The molecule has 0 aliphatic carbocycles. The normalized spacial score (nSPS) is 21.7. The predicted molar refractivity (Wildman–Crippen MR) is 345 cm³/mol. The Morgan fingerprint density at radius 2 is 0.583 bits per heavy atom. The molecule has 6 N–H and O–H groups in total. The number of rotatable bonds is 29. The summed E-state index contributed by atoms with van der Waals surface area (Å²) in [6.45, 7) is 47.9. The number of esters is 2. The number of carbonyl (C=O) groups excluding carboxylic acids is 2. The van der Waals surface area contributed by atoms with Gasteiger partial charge in [-0.15, -0.1) is 0 Å². The van der Waals surface area contributed by atoms with Crippen LogP contribution in [0.15, 0.2) is 0 Å². The Balaban J connectivity index is 1.19. The van der Waals surface area contributed by atoms with Crippen molar-refractivity contribution >= 4 is 47.6 Å². The molecular weight excluding hydrogens is 1060 g/mol. The first kappa shape index (κ1) is 68.7. The van der Waals surface area contributed by atoms with Gasteiger partial charge in [0.2, 0.25) is 35.7 Å². The van der Waals surface area contributed by atoms with E-state index in [-0.39, 0.29) is 94.8 Å². The van der Waals surface area contributed by atoms with E-state index in [1.165, 1.54) is 0 Å². The molecule has 0 bridgehead atoms. The van der Waals surface area contributed by atoms with Crippen LogP contribution in [0, 0.1) is 0 Å². The van der Waals surface area contributed by atoms with Gasteiger partial charge < -0.3 is 61.0 Å². The van der Waals surface area contributed by atoms with Gasteiger partial charge in [0.15, 0.2) is 0 Å². The lowest BCUT2D eigenvalue weighted by Crippen LogP contribution is -2.63. The van der Waals surface area contributed by atoms with Gasteiger partial charge in [-0.1, -0.05) is 53.4 Å². The van der Waals surface area contributed by atoms with Crippen molar-refractivity contribution in [2.45, 2.75) is 310 Å². The highest BCUT2D eigenvalue weighted by molar-refractivity contribution is 5.75. The summed E-state index contributed by atoms with van der Waals surface area (Å²) in [7, 11) is 0. The number of anilines is 6. The van der Waals surface area contributed by atoms with Crippen molar-refractivity contribution in [3.05, 3.63) is 0 Å². The molecule has 0 spiro atoms. The van der Waals surface area contributed by atoms with Gasteiger partial charge in [0.05, 0.1) is 0 Å². The molecule has 0 radical (unpaired) electrons. The van der Waals surface area contributed by atoms with Crippen molar-refractivity contribution in [3.8, 4) is 0 Å². The monoisotopic (exact) mass is 1170 g/mol. The Morgan fingerprint density at radius 1 is 0.381 bits per heavy atom. The fraction of sp³-hybridized carbons (Fsp3) is 0.875. The summed E-state index contributed by atoms with van der Waals surface area (Å²) in [5.74, 6) is 2.09. The van der Waals surface area contributed by atoms with E-state index in [9.17, 15) is 9.59 Å². The molecule has 4 fully saturated rings. The molecule has 20 nitrogen and oxygen atoms in total. The zero-order valence-corrected chi connectivity index (χ0v) is 56.4. The lowest BCUT2D eigenvalue weighted by Gasteiger charge is -2.50. The van der Waals surface area contributed by atoms with Crippen LogP contribution in [0.25, 0.3) is 0 Å². The third-order valence-corrected chi connectivity index (χ3v) is 17.1. The molecule has 6 rings (SSSR count). The Morgan fingerprint density at radius 3 is 0.774 bits per heavy atom. The van der Waals surface area contributed by atoms with E-state index >= 15 is 0 Å². The number of aromatic nitrogens is 6. The molecule has 20 heteroatoms. The first-order valence-electron chi connectivity index (χ1n) is 32.6. The molecule has 0 amide bonds. The molecule has 2 aromatic heterocycles. The van der Waals surface area contributed by atoms with E-state index in [2.05, 4.69) is 190 Å². The fourth-order valence-corrected chi connectivity index (χ4v) is 15.1. The molecule has 0 saturated carbocycles. The fourth-order valence-electron chi connectivity index (χ4n) is 15.1. The molecule has 4 aliphatic heterocycles. The highest BCUT2D eigenvalue weighted by Crippen LogP contribution is 2.39. The Hall–Kier alpha value is -4.40. The lowest BCUT2D eigenvalue weighted by molar-refractivity contribution is -0.150. The smallest absolute Gasteiger partial charge is 0.325 e. The van der Waals surface area contributed by atoms with Crippen molar-refractivity contribution in [1.82, 2.24) is 51.2 Å². The zero-order valence-electron chi connectivity index (χ0n) is 56.4. The number of ether oxygens (including phenoxy) is 2. The van der Waals surface area contributed by atoms with Gasteiger partial charge in [0, 0.05) is 94.7 Å². The molecule has 0 unspecified atom stereocenters. The summed E-state index contributed by atoms with van der Waals surface area (Å²) < 4.78 is 11.4. The van der Waals surface area contributed by atoms with Crippen LogP contribution in [-0.4, -0.2) is 163 Å². The SMILES string of the molecule is CCCCN(c1nc(NCC(=O)OCCOC(=O)CNc2nc(N(CCCC)C3CC(C)(C)NC(C)(C)C3)nc(N(CCCC)C3CC(C)(C)NC(C)(C)C3)n2)nc(N(CCCC)C2CC(C)(C)NC(C)(C)C2)n1)C1CC(C)(C)NC(C)(C)C1. The van der Waals surface area contributed by atoms with Gasteiger partial charge >= 0.3 is 11.9 Å². The van der Waals surface area contributed by atoms with Crippen molar-refractivity contribution < 1.29 is 19.1 Å². The summed E-state index contributed by atoms with van der Waals surface area (Å²) in [5.41, 5.74) is -0.771. The number of hydrogen-bond acceptors (Lipinski definition) is 20. The van der Waals surface area contributed by atoms with E-state index in [1.54, 1.807) is 0 Å². The maximum Gasteiger partial charge on any atom is 0.325 e. The van der Waals surface area contributed by atoms with Gasteiger partial charge in [0.25, 0.3) is 0 Å². The van der Waals surface area contributed by atoms with Crippen molar-refractivity contribution in [3.63, 3.8) is 0 Å². The third-order valence-electron chi connectivity index (χ3n) is 17.1. The molecule has 84 heavy (non-hydrogen) atoms. The number of unbranched alkanes of at least 4 members (excludes halogenated alkanes) is 4. The minimum atomic E-state index is -0.520. The van der Waals surface area contributed by atoms with E-state index in [0.717, 1.165) is 129 Å². The molecule has 6 heterocycles. The average molecular weight is 1180 g/mol. The molecule has 0 atom stereocenters. The minimum Gasteiger partial charge on any atom is -0.461 e. The number of nitrogens with zero attached hydrogens (tertiary/aromatic N) is 10. The Labute approximate surface area is 508 Å². The maximum atomic E-state index is 13.6. The molecule has 4 saturated heterocycles. The molecule has 0 aromatic carbocycles. The average Bonchev–Trinajstić information content (AvgIpc) is 3.51. The van der Waals surface area contributed by atoms with Gasteiger partial charge in [-0.2, -0.15) is 29.9 Å². The molecular formula is C64H118N16O4. The third kappa shape index (κ3) is 20.6. The van der Waals surface area contributed by atoms with Gasteiger partial charge in [-0.3, -0.25) is 9.59 Å². The Bertz CT molecular complexity index is 2080. The van der Waals surface area contributed by atoms with Crippen LogP contribution in [0.1, 0.15) is 241 Å². The second-order valence-corrected chi connectivity index (χ2v) is 30.7. The number of piperidine rings is 4. The second kappa shape index (κ2) is 28.2. The number of nitrogens with one attached hydrogen (secondary N) is 6. The summed E-state index contributed by atoms with van der Waals surface area (Å²) in [6.07, 6.45) is 15.5. The van der Waals surface area contributed by atoms with Crippen LogP contribution >= 0.6 is 0 Å². The van der Waals surface area contributed by atoms with Crippen molar-refractivity contribution in [2.24, 2.45) is 0 Å². The minimum absolute atomic E-state index is 0.0964. The first-order valence-corrected chi connectivity index (χ1v) is 32.6. The number of carbonyl (C=O) groups is 2. The molecule has 478 valence electrons. The maximum absolute atomic E-state index is 13.6. The predicted octanol–water partition coefficient (Wildman–Crippen LogP) is 10.3. The lowest BCUT2D eigenvalue weighted by atomic mass is 9.79. The van der Waals surface area contributed by atoms with Gasteiger partial charge in [-0.05, 0) is 188 Å². The van der Waals surface area contributed by atoms with E-state index in [0.29, 0.717) is 35.7 Å². The van der Waals surface area contributed by atoms with E-state index in [4.69, 9.17) is 39.4 Å². The van der Waals surface area contributed by atoms with Gasteiger partial charge in [0.1, 0.15) is 26.3 Å². The van der Waals surface area contributed by atoms with Crippen molar-refractivity contribution in [2.75, 3.05) is 82.7 Å². The zero-order chi connectivity index (χ0) is 62.1. The molecule has 4 aliphatic rings. The first-order chi connectivity index (χ1) is 39.1. The summed E-state index contributed by atoms with van der Waals surface area (Å²) in [4.78, 5) is 67.9. The highest BCUT2D eigenvalue weighted by atomic mass is 16.6. The summed E-state index contributed by atoms with van der Waals surface area (Å²) >= 11 is 0. The quantitative estimate of drug-likeness (QED) is 0.0330. The summed E-state index contributed by atoms with van der Waals surface area (Å²) in [6, 6.07) is 0.716. The standard InChI is InChI=1S/C64H118N16O4/c1-21-25-29-77(45-35-57(5,6)73-58(7,8)36-45)53-67-51(68-54(71-53)78(30-26-22-2)46-37-59(9,10)74-60(11,12)38-46)65-43-49(81)83-33-34-84-50(82)44-66-52-69-55(79(31-27-23-3)47-39-61(13,14)75-62(15,16)40-47)72-56(70-52)80(32-28-24-4)48-41-63(17,18)76-64(19,20)42-48/h45-48,73-76H,21-44H2,1-20H3,(H,65,67,68,71)(H,66,69,70,72). The van der Waals surface area contributed by atoms with Gasteiger partial charge in [-0.25, -0.2) is 0 Å². The summed E-state index contributed by atoms with van der Waals surface area (Å²) in [5, 5.41) is 22.0. The van der Waals surface area contributed by atoms with Crippen LogP contribution in [0.5, 0.6) is 0 Å². The Kier molecular flexibility index (Phi) is 23.1. The van der Waals surface area contributed by atoms with Crippen LogP contribution in [-0.2, 0) is 19.1 Å². The van der Waals surface area contributed by atoms with Crippen LogP contribution in [0.3, 0.4) is 0 Å². The van der Waals surface area contributed by atoms with E-state index < -0.39 is 11.9 Å². The van der Waals surface area contributed by atoms with E-state index in [1.807, 2.05) is 0 Å². The number of hydrogen-bond donors (Lipinski definition) is 6. The van der Waals surface area contributed by atoms with Crippen LogP contribution in [0.2, 0.25) is 0 Å². The van der Waals surface area contributed by atoms with Crippen LogP contribution < -0.4 is 51.5 Å². The van der Waals surface area contributed by atoms with Crippen molar-refractivity contribution in [1.29, 1.82) is 0 Å². The van der Waals surface area contributed by atoms with Crippen LogP contribution in [0.4, 0.5) is 35.7 Å². The molecule has 2 aromatic rings.